The average molecular weight is 429 g/mol. The molecule has 3 N–H and O–H groups in total. The number of nitrogens with one attached hydrogen (secondary N) is 1. The van der Waals surface area contributed by atoms with Crippen LogP contribution < -0.4 is 11.2 Å². The van der Waals surface area contributed by atoms with Crippen molar-refractivity contribution in [2.24, 2.45) is 0 Å². The lowest BCUT2D eigenvalue weighted by molar-refractivity contribution is -0.137. The molecule has 0 unspecified atom stereocenters. The molecule has 0 aliphatic rings. The van der Waals surface area contributed by atoms with Crippen LogP contribution in [-0.4, -0.2) is 31.5 Å². The first-order chi connectivity index (χ1) is 13.3. The molecule has 0 atom stereocenters. The van der Waals surface area contributed by atoms with E-state index in [1.54, 1.807) is 24.5 Å². The van der Waals surface area contributed by atoms with E-state index in [1.807, 2.05) is 0 Å². The van der Waals surface area contributed by atoms with E-state index < -0.39 is 17.6 Å². The van der Waals surface area contributed by atoms with Crippen LogP contribution in [-0.2, 0) is 11.0 Å². The predicted octanol–water partition coefficient (Wildman–Crippen LogP) is 3.46. The van der Waals surface area contributed by atoms with Gasteiger partial charge >= 0.3 is 6.18 Å². The standard InChI is InChI=1S/C16H12ClF3N6OS/c17-11-4-3-10(16(18,19)20)6-12(11)23-13(27)8-28-15-25-24-14(26(15)21)9-2-1-5-22-7-9/h1-7H,8,21H2,(H,23,27). The highest BCUT2D eigenvalue weighted by Crippen LogP contribution is 2.34. The molecule has 7 nitrogen and oxygen atoms in total. The first-order valence-corrected chi connectivity index (χ1v) is 9.02. The third kappa shape index (κ3) is 4.54. The van der Waals surface area contributed by atoms with E-state index >= 15 is 0 Å². The zero-order valence-electron chi connectivity index (χ0n) is 13.9. The van der Waals surface area contributed by atoms with Crippen molar-refractivity contribution < 1.29 is 18.0 Å². The number of carbonyl (C=O) groups excluding carboxylic acids is 1. The summed E-state index contributed by atoms with van der Waals surface area (Å²) in [6.45, 7) is 0. The Morgan fingerprint density at radius 3 is 2.75 bits per heavy atom. The Morgan fingerprint density at radius 1 is 1.29 bits per heavy atom. The summed E-state index contributed by atoms with van der Waals surface area (Å²) in [5, 5.41) is 10.5. The number of alkyl halides is 3. The van der Waals surface area contributed by atoms with E-state index in [-0.39, 0.29) is 21.6 Å². The van der Waals surface area contributed by atoms with Crippen LogP contribution in [0.4, 0.5) is 18.9 Å². The second-order valence-corrected chi connectivity index (χ2v) is 6.80. The van der Waals surface area contributed by atoms with Gasteiger partial charge in [0.1, 0.15) is 0 Å². The van der Waals surface area contributed by atoms with E-state index in [1.165, 1.54) is 4.68 Å². The average Bonchev–Trinajstić information content (AvgIpc) is 3.02. The second-order valence-electron chi connectivity index (χ2n) is 5.45. The number of aromatic nitrogens is 4. The number of rotatable bonds is 5. The van der Waals surface area contributed by atoms with Crippen molar-refractivity contribution in [3.8, 4) is 11.4 Å². The minimum atomic E-state index is -4.54. The Morgan fingerprint density at radius 2 is 2.07 bits per heavy atom. The number of carbonyl (C=O) groups is 1. The Labute approximate surface area is 166 Å². The fraction of sp³-hybridized carbons (Fsp3) is 0.125. The zero-order valence-corrected chi connectivity index (χ0v) is 15.5. The summed E-state index contributed by atoms with van der Waals surface area (Å²) in [6, 6.07) is 6.14. The summed E-state index contributed by atoms with van der Waals surface area (Å²) in [4.78, 5) is 16.1. The fourth-order valence-corrected chi connectivity index (χ4v) is 3.00. The van der Waals surface area contributed by atoms with Gasteiger partial charge in [0.25, 0.3) is 0 Å². The Bertz CT molecular complexity index is 996. The van der Waals surface area contributed by atoms with Gasteiger partial charge in [0.15, 0.2) is 5.82 Å². The summed E-state index contributed by atoms with van der Waals surface area (Å²) in [6.07, 6.45) is -1.39. The van der Waals surface area contributed by atoms with Gasteiger partial charge in [0.2, 0.25) is 11.1 Å². The molecule has 1 amide bonds. The molecule has 0 saturated heterocycles. The SMILES string of the molecule is Nn1c(SCC(=O)Nc2cc(C(F)(F)F)ccc2Cl)nnc1-c1cccnc1. The van der Waals surface area contributed by atoms with Gasteiger partial charge in [-0.15, -0.1) is 10.2 Å². The number of benzene rings is 1. The number of nitrogen functional groups attached to an aromatic ring is 1. The maximum Gasteiger partial charge on any atom is 0.416 e. The Hall–Kier alpha value is -2.79. The highest BCUT2D eigenvalue weighted by molar-refractivity contribution is 7.99. The molecular weight excluding hydrogens is 417 g/mol. The van der Waals surface area contributed by atoms with Crippen molar-refractivity contribution in [3.05, 3.63) is 53.3 Å². The third-order valence-corrected chi connectivity index (χ3v) is 4.76. The highest BCUT2D eigenvalue weighted by Gasteiger charge is 2.31. The lowest BCUT2D eigenvalue weighted by Gasteiger charge is -2.11. The summed E-state index contributed by atoms with van der Waals surface area (Å²) < 4.78 is 39.6. The number of hydrogen-bond donors (Lipinski definition) is 2. The van der Waals surface area contributed by atoms with E-state index in [4.69, 9.17) is 17.4 Å². The first kappa shape index (κ1) is 20.0. The number of pyridine rings is 1. The van der Waals surface area contributed by atoms with Gasteiger partial charge in [-0.05, 0) is 30.3 Å². The van der Waals surface area contributed by atoms with Gasteiger partial charge in [-0.2, -0.15) is 13.2 Å². The molecule has 0 bridgehead atoms. The highest BCUT2D eigenvalue weighted by atomic mass is 35.5. The maximum absolute atomic E-state index is 12.8. The topological polar surface area (TPSA) is 98.7 Å². The number of anilines is 1. The van der Waals surface area contributed by atoms with Crippen molar-refractivity contribution in [3.63, 3.8) is 0 Å². The summed E-state index contributed by atoms with van der Waals surface area (Å²) in [5.74, 6) is 5.56. The molecular formula is C16H12ClF3N6OS. The van der Waals surface area contributed by atoms with Gasteiger partial charge in [-0.25, -0.2) is 4.68 Å². The lowest BCUT2D eigenvalue weighted by atomic mass is 10.2. The molecule has 3 rings (SSSR count). The smallest absolute Gasteiger partial charge is 0.335 e. The fourth-order valence-electron chi connectivity index (χ4n) is 2.18. The Balaban J connectivity index is 1.67. The van der Waals surface area contributed by atoms with Gasteiger partial charge in [0, 0.05) is 18.0 Å². The lowest BCUT2D eigenvalue weighted by Crippen LogP contribution is -2.17. The van der Waals surface area contributed by atoms with Crippen LogP contribution in [0, 0.1) is 0 Å². The number of thioether (sulfide) groups is 1. The van der Waals surface area contributed by atoms with Crippen LogP contribution in [0.3, 0.4) is 0 Å². The maximum atomic E-state index is 12.8. The van der Waals surface area contributed by atoms with Gasteiger partial charge < -0.3 is 11.2 Å². The Kier molecular flexibility index (Phi) is 5.75. The molecule has 3 aromatic rings. The quantitative estimate of drug-likeness (QED) is 0.477. The van der Waals surface area contributed by atoms with Crippen molar-refractivity contribution in [1.29, 1.82) is 0 Å². The van der Waals surface area contributed by atoms with E-state index in [2.05, 4.69) is 20.5 Å². The zero-order chi connectivity index (χ0) is 20.3. The molecule has 2 aromatic heterocycles. The van der Waals surface area contributed by atoms with Crippen LogP contribution >= 0.6 is 23.4 Å². The van der Waals surface area contributed by atoms with E-state index in [0.717, 1.165) is 30.0 Å². The van der Waals surface area contributed by atoms with Crippen molar-refractivity contribution in [2.75, 3.05) is 16.9 Å². The summed E-state index contributed by atoms with van der Waals surface area (Å²) in [7, 11) is 0. The molecule has 146 valence electrons. The third-order valence-electron chi connectivity index (χ3n) is 3.48. The van der Waals surface area contributed by atoms with E-state index in [0.29, 0.717) is 11.4 Å². The first-order valence-electron chi connectivity index (χ1n) is 7.66. The second kappa shape index (κ2) is 8.07. The van der Waals surface area contributed by atoms with Gasteiger partial charge in [-0.3, -0.25) is 9.78 Å². The monoisotopic (exact) mass is 428 g/mol. The molecule has 0 spiro atoms. The van der Waals surface area contributed by atoms with Crippen LogP contribution in [0.15, 0.2) is 47.9 Å². The van der Waals surface area contributed by atoms with Gasteiger partial charge in [0.05, 0.1) is 22.0 Å². The molecule has 0 radical (unpaired) electrons. The van der Waals surface area contributed by atoms with E-state index in [9.17, 15) is 18.0 Å². The predicted molar refractivity (Wildman–Crippen MR) is 99.2 cm³/mol. The normalized spacial score (nSPS) is 11.4. The molecule has 2 heterocycles. The van der Waals surface area contributed by atoms with Crippen molar-refractivity contribution >= 4 is 35.0 Å². The number of nitrogens with zero attached hydrogens (tertiary/aromatic N) is 4. The minimum absolute atomic E-state index is 0.00722. The van der Waals surface area contributed by atoms with Crippen LogP contribution in [0.2, 0.25) is 5.02 Å². The molecule has 0 fully saturated rings. The van der Waals surface area contributed by atoms with Gasteiger partial charge in [-0.1, -0.05) is 23.4 Å². The minimum Gasteiger partial charge on any atom is -0.335 e. The molecule has 1 aromatic carbocycles. The molecule has 28 heavy (non-hydrogen) atoms. The number of hydrogen-bond acceptors (Lipinski definition) is 6. The summed E-state index contributed by atoms with van der Waals surface area (Å²) >= 11 is 6.83. The van der Waals surface area contributed by atoms with Crippen molar-refractivity contribution in [1.82, 2.24) is 19.9 Å². The number of halogens is 4. The number of amides is 1. The van der Waals surface area contributed by atoms with Crippen LogP contribution in [0.25, 0.3) is 11.4 Å². The largest absolute Gasteiger partial charge is 0.416 e. The molecule has 0 aliphatic heterocycles. The summed E-state index contributed by atoms with van der Waals surface area (Å²) in [5.41, 5.74) is -0.403. The molecule has 12 heteroatoms. The number of nitrogens with two attached hydrogens (primary N) is 1. The van der Waals surface area contributed by atoms with Crippen LogP contribution in [0.1, 0.15) is 5.56 Å². The molecule has 0 aliphatic carbocycles. The van der Waals surface area contributed by atoms with Crippen molar-refractivity contribution in [2.45, 2.75) is 11.3 Å². The van der Waals surface area contributed by atoms with Crippen LogP contribution in [0.5, 0.6) is 0 Å². The molecule has 0 saturated carbocycles.